The molecule has 1 atom stereocenters. The van der Waals surface area contributed by atoms with Gasteiger partial charge in [0.25, 0.3) is 0 Å². The average Bonchev–Trinajstić information content (AvgIpc) is 3.09. The topological polar surface area (TPSA) is 66.6 Å². The van der Waals surface area contributed by atoms with Crippen molar-refractivity contribution in [2.24, 2.45) is 0 Å². The third-order valence-corrected chi connectivity index (χ3v) is 3.59. The standard InChI is InChI=1S/C15H16N2O3.ClH/c18-15(19)13-7-4-8-17(13)9-12-10-20-14(16-12)11-5-2-1-3-6-11;/h1-3,5-6,10,13H,4,7-9H2,(H,18,19);1H. The molecule has 21 heavy (non-hydrogen) atoms. The number of rotatable bonds is 4. The Balaban J connectivity index is 0.00000161. The van der Waals surface area contributed by atoms with Crippen molar-refractivity contribution in [1.82, 2.24) is 9.88 Å². The van der Waals surface area contributed by atoms with Gasteiger partial charge in [-0.15, -0.1) is 12.4 Å². The minimum atomic E-state index is -0.755. The molecule has 0 bridgehead atoms. The van der Waals surface area contributed by atoms with Crippen LogP contribution in [-0.2, 0) is 11.3 Å². The molecule has 6 heteroatoms. The van der Waals surface area contributed by atoms with Crippen LogP contribution in [0, 0.1) is 0 Å². The number of hydrogen-bond donors (Lipinski definition) is 1. The first-order chi connectivity index (χ1) is 9.74. The summed E-state index contributed by atoms with van der Waals surface area (Å²) in [6.45, 7) is 1.32. The molecule has 1 N–H and O–H groups in total. The number of benzene rings is 1. The Morgan fingerprint density at radius 2 is 2.14 bits per heavy atom. The zero-order valence-corrected chi connectivity index (χ0v) is 12.3. The molecule has 0 spiro atoms. The molecule has 0 aliphatic carbocycles. The Labute approximate surface area is 129 Å². The molecule has 3 rings (SSSR count). The molecule has 1 fully saturated rings. The predicted molar refractivity (Wildman–Crippen MR) is 80.3 cm³/mol. The zero-order valence-electron chi connectivity index (χ0n) is 11.4. The van der Waals surface area contributed by atoms with E-state index in [9.17, 15) is 4.79 Å². The lowest BCUT2D eigenvalue weighted by Gasteiger charge is -2.19. The van der Waals surface area contributed by atoms with E-state index in [0.717, 1.165) is 24.2 Å². The van der Waals surface area contributed by atoms with Crippen LogP contribution in [-0.4, -0.2) is 33.5 Å². The molecule has 2 heterocycles. The summed E-state index contributed by atoms with van der Waals surface area (Å²) < 4.78 is 5.47. The minimum Gasteiger partial charge on any atom is -0.480 e. The average molecular weight is 309 g/mol. The summed E-state index contributed by atoms with van der Waals surface area (Å²) in [5.41, 5.74) is 1.70. The fraction of sp³-hybridized carbons (Fsp3) is 0.333. The minimum absolute atomic E-state index is 0. The fourth-order valence-corrected chi connectivity index (χ4v) is 2.60. The third kappa shape index (κ3) is 3.43. The molecule has 1 aromatic heterocycles. The normalized spacial score (nSPS) is 18.4. The highest BCUT2D eigenvalue weighted by molar-refractivity contribution is 5.85. The Hall–Kier alpha value is -1.85. The van der Waals surface area contributed by atoms with Crippen LogP contribution in [0.2, 0.25) is 0 Å². The number of carbonyl (C=O) groups is 1. The Morgan fingerprint density at radius 1 is 1.38 bits per heavy atom. The first kappa shape index (κ1) is 15.5. The first-order valence-corrected chi connectivity index (χ1v) is 6.71. The molecule has 1 unspecified atom stereocenters. The number of halogens is 1. The quantitative estimate of drug-likeness (QED) is 0.940. The summed E-state index contributed by atoms with van der Waals surface area (Å²) in [6, 6.07) is 9.28. The first-order valence-electron chi connectivity index (χ1n) is 6.71. The molecular formula is C15H17ClN2O3. The summed E-state index contributed by atoms with van der Waals surface area (Å²) in [5, 5.41) is 9.16. The summed E-state index contributed by atoms with van der Waals surface area (Å²) in [6.07, 6.45) is 3.23. The van der Waals surface area contributed by atoms with Crippen molar-refractivity contribution in [3.8, 4) is 11.5 Å². The van der Waals surface area contributed by atoms with E-state index in [-0.39, 0.29) is 12.4 Å². The van der Waals surface area contributed by atoms with Crippen molar-refractivity contribution < 1.29 is 14.3 Å². The molecule has 2 aromatic rings. The monoisotopic (exact) mass is 308 g/mol. The number of likely N-dealkylation sites (tertiary alicyclic amines) is 1. The van der Waals surface area contributed by atoms with E-state index >= 15 is 0 Å². The summed E-state index contributed by atoms with van der Waals surface area (Å²) in [4.78, 5) is 17.5. The van der Waals surface area contributed by atoms with Gasteiger partial charge in [-0.2, -0.15) is 0 Å². The molecular weight excluding hydrogens is 292 g/mol. The predicted octanol–water partition coefficient (Wildman–Crippen LogP) is 2.81. The van der Waals surface area contributed by atoms with E-state index in [2.05, 4.69) is 4.98 Å². The van der Waals surface area contributed by atoms with Crippen LogP contribution in [0.1, 0.15) is 18.5 Å². The highest BCUT2D eigenvalue weighted by Crippen LogP contribution is 2.22. The maximum absolute atomic E-state index is 11.1. The molecule has 1 aromatic carbocycles. The smallest absolute Gasteiger partial charge is 0.320 e. The van der Waals surface area contributed by atoms with E-state index in [0.29, 0.717) is 18.9 Å². The molecule has 0 radical (unpaired) electrons. The SMILES string of the molecule is Cl.O=C(O)C1CCCN1Cc1coc(-c2ccccc2)n1. The second-order valence-electron chi connectivity index (χ2n) is 4.98. The number of nitrogens with zero attached hydrogens (tertiary/aromatic N) is 2. The Bertz CT molecular complexity index is 600. The van der Waals surface area contributed by atoms with Gasteiger partial charge in [-0.3, -0.25) is 9.69 Å². The van der Waals surface area contributed by atoms with Gasteiger partial charge in [0.2, 0.25) is 5.89 Å². The Morgan fingerprint density at radius 3 is 2.86 bits per heavy atom. The van der Waals surface area contributed by atoms with E-state index in [1.807, 2.05) is 35.2 Å². The summed E-state index contributed by atoms with van der Waals surface area (Å²) >= 11 is 0. The molecule has 0 amide bonds. The second kappa shape index (κ2) is 6.74. The summed E-state index contributed by atoms with van der Waals surface area (Å²) in [5.74, 6) is -0.180. The lowest BCUT2D eigenvalue weighted by Crippen LogP contribution is -2.35. The number of aliphatic carboxylic acids is 1. The van der Waals surface area contributed by atoms with E-state index < -0.39 is 12.0 Å². The zero-order chi connectivity index (χ0) is 13.9. The molecule has 1 saturated heterocycles. The van der Waals surface area contributed by atoms with E-state index in [4.69, 9.17) is 9.52 Å². The van der Waals surface area contributed by atoms with Crippen molar-refractivity contribution in [3.05, 3.63) is 42.3 Å². The fourth-order valence-electron chi connectivity index (χ4n) is 2.60. The van der Waals surface area contributed by atoms with Crippen LogP contribution in [0.5, 0.6) is 0 Å². The molecule has 112 valence electrons. The van der Waals surface area contributed by atoms with Gasteiger partial charge in [0.05, 0.1) is 5.69 Å². The van der Waals surface area contributed by atoms with Crippen LogP contribution < -0.4 is 0 Å². The maximum Gasteiger partial charge on any atom is 0.320 e. The molecule has 1 aliphatic rings. The molecule has 5 nitrogen and oxygen atoms in total. The van der Waals surface area contributed by atoms with Crippen molar-refractivity contribution in [2.45, 2.75) is 25.4 Å². The van der Waals surface area contributed by atoms with Gasteiger partial charge in [0.1, 0.15) is 12.3 Å². The van der Waals surface area contributed by atoms with E-state index in [1.165, 1.54) is 0 Å². The number of carboxylic acid groups (broad SMARTS) is 1. The Kier molecular flexibility index (Phi) is 4.98. The van der Waals surface area contributed by atoms with Gasteiger partial charge in [0, 0.05) is 12.1 Å². The number of carboxylic acids is 1. The number of oxazole rings is 1. The summed E-state index contributed by atoms with van der Waals surface area (Å²) in [7, 11) is 0. The van der Waals surface area contributed by atoms with Crippen molar-refractivity contribution in [3.63, 3.8) is 0 Å². The lowest BCUT2D eigenvalue weighted by molar-refractivity contribution is -0.142. The highest BCUT2D eigenvalue weighted by atomic mass is 35.5. The van der Waals surface area contributed by atoms with Crippen LogP contribution in [0.25, 0.3) is 11.5 Å². The van der Waals surface area contributed by atoms with Gasteiger partial charge in [-0.05, 0) is 31.5 Å². The second-order valence-corrected chi connectivity index (χ2v) is 4.98. The lowest BCUT2D eigenvalue weighted by atomic mass is 10.2. The molecule has 0 saturated carbocycles. The maximum atomic E-state index is 11.1. The van der Waals surface area contributed by atoms with Crippen LogP contribution in [0.3, 0.4) is 0 Å². The van der Waals surface area contributed by atoms with Crippen molar-refractivity contribution in [1.29, 1.82) is 0 Å². The largest absolute Gasteiger partial charge is 0.480 e. The van der Waals surface area contributed by atoms with Gasteiger partial charge in [-0.1, -0.05) is 18.2 Å². The van der Waals surface area contributed by atoms with Gasteiger partial charge in [-0.25, -0.2) is 4.98 Å². The van der Waals surface area contributed by atoms with Gasteiger partial charge >= 0.3 is 5.97 Å². The number of hydrogen-bond acceptors (Lipinski definition) is 4. The van der Waals surface area contributed by atoms with Gasteiger partial charge in [0.15, 0.2) is 0 Å². The van der Waals surface area contributed by atoms with Crippen molar-refractivity contribution >= 4 is 18.4 Å². The molecule has 1 aliphatic heterocycles. The van der Waals surface area contributed by atoms with Gasteiger partial charge < -0.3 is 9.52 Å². The third-order valence-electron chi connectivity index (χ3n) is 3.59. The van der Waals surface area contributed by atoms with Crippen LogP contribution >= 0.6 is 12.4 Å². The van der Waals surface area contributed by atoms with Crippen LogP contribution in [0.4, 0.5) is 0 Å². The van der Waals surface area contributed by atoms with E-state index in [1.54, 1.807) is 6.26 Å². The van der Waals surface area contributed by atoms with Crippen LogP contribution in [0.15, 0.2) is 41.0 Å². The van der Waals surface area contributed by atoms with Crippen molar-refractivity contribution in [2.75, 3.05) is 6.54 Å². The highest BCUT2D eigenvalue weighted by Gasteiger charge is 2.30. The number of aromatic nitrogens is 1.